The van der Waals surface area contributed by atoms with Gasteiger partial charge < -0.3 is 14.7 Å². The molecule has 3 rings (SSSR count). The monoisotopic (exact) mass is 335 g/mol. The van der Waals surface area contributed by atoms with Crippen molar-refractivity contribution in [3.63, 3.8) is 0 Å². The Balaban J connectivity index is 1.81. The minimum absolute atomic E-state index is 0.159. The van der Waals surface area contributed by atoms with Crippen molar-refractivity contribution >= 4 is 29.6 Å². The highest BCUT2D eigenvalue weighted by Crippen LogP contribution is 2.30. The van der Waals surface area contributed by atoms with E-state index in [1.807, 2.05) is 6.92 Å². The van der Waals surface area contributed by atoms with Gasteiger partial charge in [0.1, 0.15) is 12.4 Å². The summed E-state index contributed by atoms with van der Waals surface area (Å²) in [6.07, 6.45) is 2.38. The van der Waals surface area contributed by atoms with Crippen molar-refractivity contribution in [3.8, 4) is 5.75 Å². The number of benzene rings is 1. The van der Waals surface area contributed by atoms with E-state index in [0.29, 0.717) is 29.3 Å². The van der Waals surface area contributed by atoms with Gasteiger partial charge in [0.15, 0.2) is 0 Å². The first-order valence-electron chi connectivity index (χ1n) is 7.59. The number of carbonyl (C=O) groups excluding carboxylic acids is 1. The summed E-state index contributed by atoms with van der Waals surface area (Å²) >= 11 is 5.98. The number of aliphatic carboxylic acids is 1. The average Bonchev–Trinajstić information content (AvgIpc) is 2.52. The Hall–Kier alpha value is -2.01. The summed E-state index contributed by atoms with van der Waals surface area (Å²) in [5.74, 6) is -0.648. The molecule has 0 bridgehead atoms. The molecule has 1 amide bonds. The van der Waals surface area contributed by atoms with E-state index in [1.54, 1.807) is 29.2 Å². The molecule has 1 N–H and O–H groups in total. The van der Waals surface area contributed by atoms with Gasteiger partial charge in [0.25, 0.3) is 5.91 Å². The number of likely N-dealkylation sites (tertiary alicyclic amines) is 1. The number of carboxylic acid groups (broad SMARTS) is 1. The largest absolute Gasteiger partial charge is 0.488 e. The van der Waals surface area contributed by atoms with Gasteiger partial charge in [-0.2, -0.15) is 0 Å². The van der Waals surface area contributed by atoms with Crippen molar-refractivity contribution in [2.45, 2.75) is 13.3 Å². The lowest BCUT2D eigenvalue weighted by atomic mass is 9.90. The van der Waals surface area contributed by atoms with Crippen molar-refractivity contribution in [1.29, 1.82) is 0 Å². The van der Waals surface area contributed by atoms with Crippen LogP contribution in [0.2, 0.25) is 5.02 Å². The van der Waals surface area contributed by atoms with Crippen LogP contribution >= 0.6 is 11.6 Å². The number of hydrogen-bond acceptors (Lipinski definition) is 3. The number of amides is 1. The maximum atomic E-state index is 12.7. The van der Waals surface area contributed by atoms with E-state index >= 15 is 0 Å². The molecule has 0 radical (unpaired) electrons. The van der Waals surface area contributed by atoms with Gasteiger partial charge in [0.05, 0.1) is 11.5 Å². The lowest BCUT2D eigenvalue weighted by molar-refractivity contribution is -0.146. The fourth-order valence-corrected chi connectivity index (χ4v) is 3.35. The predicted octanol–water partition coefficient (Wildman–Crippen LogP) is 2.69. The lowest BCUT2D eigenvalue weighted by Gasteiger charge is -2.35. The maximum Gasteiger partial charge on any atom is 0.308 e. The van der Waals surface area contributed by atoms with Crippen LogP contribution in [0.1, 0.15) is 18.9 Å². The third-order valence-electron chi connectivity index (χ3n) is 4.26. The SMILES string of the molecule is CC1CC(C(=O)O)CN(C(=O)C2=Cc3cc(Cl)ccc3OC2)C1. The first kappa shape index (κ1) is 15.9. The summed E-state index contributed by atoms with van der Waals surface area (Å²) in [7, 11) is 0. The molecule has 2 unspecified atom stereocenters. The Morgan fingerprint density at radius 2 is 2.13 bits per heavy atom. The van der Waals surface area contributed by atoms with Crippen LogP contribution in [0, 0.1) is 11.8 Å². The molecule has 5 nitrogen and oxygen atoms in total. The summed E-state index contributed by atoms with van der Waals surface area (Å²) in [6.45, 7) is 2.98. The number of halogens is 1. The number of fused-ring (bicyclic) bond motifs is 1. The second kappa shape index (κ2) is 6.24. The van der Waals surface area contributed by atoms with Crippen LogP contribution < -0.4 is 4.74 Å². The fraction of sp³-hybridized carbons (Fsp3) is 0.412. The minimum Gasteiger partial charge on any atom is -0.488 e. The molecule has 0 aliphatic carbocycles. The molecule has 1 aromatic carbocycles. The van der Waals surface area contributed by atoms with Crippen LogP contribution in [0.4, 0.5) is 0 Å². The molecule has 0 saturated carbocycles. The van der Waals surface area contributed by atoms with Gasteiger partial charge in [0.2, 0.25) is 0 Å². The molecule has 1 saturated heterocycles. The van der Waals surface area contributed by atoms with E-state index in [1.165, 1.54) is 0 Å². The Bertz CT molecular complexity index is 685. The molecule has 6 heteroatoms. The van der Waals surface area contributed by atoms with Gasteiger partial charge in [-0.1, -0.05) is 18.5 Å². The zero-order valence-corrected chi connectivity index (χ0v) is 13.5. The molecule has 2 aliphatic heterocycles. The number of ether oxygens (including phenoxy) is 1. The zero-order valence-electron chi connectivity index (χ0n) is 12.8. The Labute approximate surface area is 139 Å². The number of carboxylic acids is 1. The Morgan fingerprint density at radius 3 is 2.87 bits per heavy atom. The van der Waals surface area contributed by atoms with Crippen LogP contribution in [0.5, 0.6) is 5.75 Å². The molecule has 0 spiro atoms. The fourth-order valence-electron chi connectivity index (χ4n) is 3.17. The topological polar surface area (TPSA) is 66.8 Å². The second-order valence-corrected chi connectivity index (χ2v) is 6.66. The second-order valence-electron chi connectivity index (χ2n) is 6.23. The van der Waals surface area contributed by atoms with Crippen LogP contribution in [0.15, 0.2) is 23.8 Å². The average molecular weight is 336 g/mol. The van der Waals surface area contributed by atoms with Gasteiger partial charge in [-0.15, -0.1) is 0 Å². The Morgan fingerprint density at radius 1 is 1.35 bits per heavy atom. The first-order valence-corrected chi connectivity index (χ1v) is 7.97. The molecule has 23 heavy (non-hydrogen) atoms. The van der Waals surface area contributed by atoms with Gasteiger partial charge in [-0.05, 0) is 36.6 Å². The number of carbonyl (C=O) groups is 2. The molecular formula is C17H18ClNO4. The molecule has 2 aliphatic rings. The van der Waals surface area contributed by atoms with Crippen molar-refractivity contribution < 1.29 is 19.4 Å². The number of hydrogen-bond donors (Lipinski definition) is 1. The van der Waals surface area contributed by atoms with Crippen molar-refractivity contribution in [2.24, 2.45) is 11.8 Å². The van der Waals surface area contributed by atoms with E-state index in [0.717, 1.165) is 5.56 Å². The smallest absolute Gasteiger partial charge is 0.308 e. The quantitative estimate of drug-likeness (QED) is 0.902. The molecular weight excluding hydrogens is 318 g/mol. The summed E-state index contributed by atoms with van der Waals surface area (Å²) in [5.41, 5.74) is 1.30. The van der Waals surface area contributed by atoms with E-state index in [-0.39, 0.29) is 25.0 Å². The summed E-state index contributed by atoms with van der Waals surface area (Å²) in [5, 5.41) is 9.81. The lowest BCUT2D eigenvalue weighted by Crippen LogP contribution is -2.46. The third kappa shape index (κ3) is 3.34. The van der Waals surface area contributed by atoms with Crippen molar-refractivity contribution in [3.05, 3.63) is 34.4 Å². The normalized spacial score (nSPS) is 23.6. The van der Waals surface area contributed by atoms with Gasteiger partial charge >= 0.3 is 5.97 Å². The highest BCUT2D eigenvalue weighted by Gasteiger charge is 2.33. The third-order valence-corrected chi connectivity index (χ3v) is 4.49. The van der Waals surface area contributed by atoms with Gasteiger partial charge in [-0.3, -0.25) is 9.59 Å². The Kier molecular flexibility index (Phi) is 4.31. The van der Waals surface area contributed by atoms with E-state index < -0.39 is 11.9 Å². The highest BCUT2D eigenvalue weighted by molar-refractivity contribution is 6.30. The summed E-state index contributed by atoms with van der Waals surface area (Å²) < 4.78 is 5.61. The summed E-state index contributed by atoms with van der Waals surface area (Å²) in [6, 6.07) is 5.27. The van der Waals surface area contributed by atoms with Crippen molar-refractivity contribution in [2.75, 3.05) is 19.7 Å². The number of rotatable bonds is 2. The predicted molar refractivity (Wildman–Crippen MR) is 86.4 cm³/mol. The number of piperidine rings is 1. The molecule has 0 aromatic heterocycles. The van der Waals surface area contributed by atoms with Crippen LogP contribution in [-0.4, -0.2) is 41.6 Å². The van der Waals surface area contributed by atoms with Gasteiger partial charge in [0, 0.05) is 23.7 Å². The standard InChI is InChI=1S/C17H18ClNO4/c1-10-4-12(17(21)22)8-19(7-10)16(20)13-5-11-6-14(18)2-3-15(11)23-9-13/h2-3,5-6,10,12H,4,7-9H2,1H3,(H,21,22). The first-order chi connectivity index (χ1) is 10.9. The van der Waals surface area contributed by atoms with Crippen LogP contribution in [0.25, 0.3) is 6.08 Å². The zero-order chi connectivity index (χ0) is 16.6. The van der Waals surface area contributed by atoms with E-state index in [4.69, 9.17) is 16.3 Å². The van der Waals surface area contributed by atoms with Crippen LogP contribution in [-0.2, 0) is 9.59 Å². The molecule has 1 aromatic rings. The van der Waals surface area contributed by atoms with Gasteiger partial charge in [-0.25, -0.2) is 0 Å². The molecule has 2 heterocycles. The van der Waals surface area contributed by atoms with Crippen molar-refractivity contribution in [1.82, 2.24) is 4.90 Å². The summed E-state index contributed by atoms with van der Waals surface area (Å²) in [4.78, 5) is 25.6. The molecule has 2 atom stereocenters. The minimum atomic E-state index is -0.847. The highest BCUT2D eigenvalue weighted by atomic mass is 35.5. The van der Waals surface area contributed by atoms with Crippen LogP contribution in [0.3, 0.4) is 0 Å². The molecule has 1 fully saturated rings. The van der Waals surface area contributed by atoms with E-state index in [9.17, 15) is 14.7 Å². The van der Waals surface area contributed by atoms with E-state index in [2.05, 4.69) is 0 Å². The molecule has 122 valence electrons. The number of nitrogens with zero attached hydrogens (tertiary/aromatic N) is 1. The maximum absolute atomic E-state index is 12.7.